The molecule has 0 amide bonds. The molecular weight excluding hydrogens is 194 g/mol. The number of anilines is 1. The second-order valence-corrected chi connectivity index (χ2v) is 3.81. The highest BCUT2D eigenvalue weighted by Gasteiger charge is 2.00. The molecule has 2 N–H and O–H groups in total. The smallest absolute Gasteiger partial charge is 0.131 e. The van der Waals surface area contributed by atoms with Crippen LogP contribution in [0.4, 0.5) is 5.82 Å². The molecule has 0 aliphatic heterocycles. The molecule has 0 aliphatic rings. The predicted molar refractivity (Wildman–Crippen MR) is 62.2 cm³/mol. The summed E-state index contributed by atoms with van der Waals surface area (Å²) in [6.07, 6.45) is 1.96. The topological polar surface area (TPSA) is 40.7 Å². The molecule has 14 heavy (non-hydrogen) atoms. The van der Waals surface area contributed by atoms with E-state index in [-0.39, 0.29) is 0 Å². The summed E-state index contributed by atoms with van der Waals surface area (Å²) >= 11 is 5.07. The van der Waals surface area contributed by atoms with E-state index in [1.807, 2.05) is 6.07 Å². The fourth-order valence-electron chi connectivity index (χ4n) is 1.12. The van der Waals surface area contributed by atoms with Crippen molar-refractivity contribution in [2.45, 2.75) is 39.7 Å². The SMILES string of the molecule is CCc1nc(=S)cc(NC(C)CC)[nH]1. The van der Waals surface area contributed by atoms with Crippen LogP contribution in [0.15, 0.2) is 6.07 Å². The number of aromatic nitrogens is 2. The molecule has 3 nitrogen and oxygen atoms in total. The van der Waals surface area contributed by atoms with Gasteiger partial charge in [0.05, 0.1) is 0 Å². The van der Waals surface area contributed by atoms with E-state index in [9.17, 15) is 0 Å². The largest absolute Gasteiger partial charge is 0.369 e. The molecule has 0 saturated carbocycles. The Bertz CT molecular complexity index is 345. The van der Waals surface area contributed by atoms with Crippen molar-refractivity contribution >= 4 is 18.0 Å². The van der Waals surface area contributed by atoms with Gasteiger partial charge in [-0.3, -0.25) is 0 Å². The maximum absolute atomic E-state index is 5.07. The lowest BCUT2D eigenvalue weighted by Gasteiger charge is -2.13. The molecule has 1 unspecified atom stereocenters. The maximum atomic E-state index is 5.07. The highest BCUT2D eigenvalue weighted by Crippen LogP contribution is 2.07. The van der Waals surface area contributed by atoms with Crippen molar-refractivity contribution in [3.05, 3.63) is 16.5 Å². The summed E-state index contributed by atoms with van der Waals surface area (Å²) < 4.78 is 0.645. The first-order valence-electron chi connectivity index (χ1n) is 5.02. The minimum atomic E-state index is 0.452. The van der Waals surface area contributed by atoms with Gasteiger partial charge in [0.2, 0.25) is 0 Å². The van der Waals surface area contributed by atoms with Gasteiger partial charge in [-0.05, 0) is 13.3 Å². The fourth-order valence-corrected chi connectivity index (χ4v) is 1.35. The molecule has 78 valence electrons. The van der Waals surface area contributed by atoms with Crippen LogP contribution < -0.4 is 5.32 Å². The number of aryl methyl sites for hydroxylation is 1. The summed E-state index contributed by atoms with van der Waals surface area (Å²) in [5, 5.41) is 3.34. The predicted octanol–water partition coefficient (Wildman–Crippen LogP) is 2.91. The molecule has 0 aromatic carbocycles. The van der Waals surface area contributed by atoms with Gasteiger partial charge in [0, 0.05) is 18.5 Å². The third-order valence-electron chi connectivity index (χ3n) is 2.14. The molecule has 1 rings (SSSR count). The first-order chi connectivity index (χ1) is 6.65. The number of hydrogen-bond acceptors (Lipinski definition) is 3. The van der Waals surface area contributed by atoms with Crippen molar-refractivity contribution in [2.75, 3.05) is 5.32 Å². The van der Waals surface area contributed by atoms with Gasteiger partial charge in [-0.25, -0.2) is 4.98 Å². The van der Waals surface area contributed by atoms with E-state index in [2.05, 4.69) is 36.1 Å². The molecular formula is C10H17N3S. The van der Waals surface area contributed by atoms with Gasteiger partial charge in [0.25, 0.3) is 0 Å². The molecule has 0 aliphatic carbocycles. The average Bonchev–Trinajstić information content (AvgIpc) is 2.16. The van der Waals surface area contributed by atoms with Gasteiger partial charge in [0.1, 0.15) is 16.3 Å². The summed E-state index contributed by atoms with van der Waals surface area (Å²) in [6.45, 7) is 6.35. The number of H-pyrrole nitrogens is 1. The van der Waals surface area contributed by atoms with Crippen molar-refractivity contribution in [1.82, 2.24) is 9.97 Å². The van der Waals surface area contributed by atoms with Crippen LogP contribution >= 0.6 is 12.2 Å². The lowest BCUT2D eigenvalue weighted by Crippen LogP contribution is -2.15. The summed E-state index contributed by atoms with van der Waals surface area (Å²) in [5.74, 6) is 1.90. The van der Waals surface area contributed by atoms with Crippen LogP contribution in [0.5, 0.6) is 0 Å². The van der Waals surface area contributed by atoms with Gasteiger partial charge in [-0.1, -0.05) is 26.1 Å². The Morgan fingerprint density at radius 1 is 1.57 bits per heavy atom. The normalized spacial score (nSPS) is 12.5. The van der Waals surface area contributed by atoms with E-state index in [0.29, 0.717) is 10.7 Å². The quantitative estimate of drug-likeness (QED) is 0.752. The van der Waals surface area contributed by atoms with Crippen LogP contribution in [0.25, 0.3) is 0 Å². The van der Waals surface area contributed by atoms with Crippen LogP contribution in [-0.2, 0) is 6.42 Å². The first kappa shape index (κ1) is 11.2. The molecule has 1 heterocycles. The van der Waals surface area contributed by atoms with Crippen LogP contribution in [0.2, 0.25) is 0 Å². The Morgan fingerprint density at radius 2 is 2.29 bits per heavy atom. The molecule has 0 saturated heterocycles. The first-order valence-corrected chi connectivity index (χ1v) is 5.43. The van der Waals surface area contributed by atoms with Gasteiger partial charge < -0.3 is 10.3 Å². The zero-order valence-electron chi connectivity index (χ0n) is 8.92. The summed E-state index contributed by atoms with van der Waals surface area (Å²) in [4.78, 5) is 7.42. The van der Waals surface area contributed by atoms with Crippen LogP contribution in [-0.4, -0.2) is 16.0 Å². The maximum Gasteiger partial charge on any atom is 0.131 e. The monoisotopic (exact) mass is 211 g/mol. The van der Waals surface area contributed by atoms with Crippen LogP contribution in [0, 0.1) is 4.64 Å². The Hall–Kier alpha value is -0.900. The van der Waals surface area contributed by atoms with E-state index in [4.69, 9.17) is 12.2 Å². The third kappa shape index (κ3) is 3.10. The minimum Gasteiger partial charge on any atom is -0.369 e. The Kier molecular flexibility index (Phi) is 4.07. The summed E-state index contributed by atoms with van der Waals surface area (Å²) in [6, 6.07) is 2.31. The zero-order valence-corrected chi connectivity index (χ0v) is 9.74. The van der Waals surface area contributed by atoms with Crippen LogP contribution in [0.1, 0.15) is 33.0 Å². The minimum absolute atomic E-state index is 0.452. The summed E-state index contributed by atoms with van der Waals surface area (Å²) in [7, 11) is 0. The molecule has 1 atom stereocenters. The highest BCUT2D eigenvalue weighted by atomic mass is 32.1. The molecule has 4 heteroatoms. The van der Waals surface area contributed by atoms with E-state index in [1.54, 1.807) is 0 Å². The van der Waals surface area contributed by atoms with E-state index < -0.39 is 0 Å². The standard InChI is InChI=1S/C10H17N3S/c1-4-7(3)11-9-6-10(14)13-8(5-2)12-9/h6-7H,4-5H2,1-3H3,(H2,11,12,13,14). The lowest BCUT2D eigenvalue weighted by atomic mass is 10.2. The number of nitrogens with one attached hydrogen (secondary N) is 2. The van der Waals surface area contributed by atoms with Crippen molar-refractivity contribution in [3.63, 3.8) is 0 Å². The van der Waals surface area contributed by atoms with Gasteiger partial charge in [0.15, 0.2) is 0 Å². The molecule has 1 aromatic heterocycles. The lowest BCUT2D eigenvalue weighted by molar-refractivity contribution is 0.755. The van der Waals surface area contributed by atoms with Crippen molar-refractivity contribution in [1.29, 1.82) is 0 Å². The second kappa shape index (κ2) is 5.10. The number of nitrogens with zero attached hydrogens (tertiary/aromatic N) is 1. The van der Waals surface area contributed by atoms with Crippen molar-refractivity contribution < 1.29 is 0 Å². The van der Waals surface area contributed by atoms with Gasteiger partial charge in [-0.15, -0.1) is 0 Å². The Morgan fingerprint density at radius 3 is 2.86 bits per heavy atom. The van der Waals surface area contributed by atoms with Crippen LogP contribution in [0.3, 0.4) is 0 Å². The van der Waals surface area contributed by atoms with E-state index in [0.717, 1.165) is 24.5 Å². The summed E-state index contributed by atoms with van der Waals surface area (Å²) in [5.41, 5.74) is 0. The van der Waals surface area contributed by atoms with Crippen molar-refractivity contribution in [3.8, 4) is 0 Å². The molecule has 0 fully saturated rings. The van der Waals surface area contributed by atoms with Crippen molar-refractivity contribution in [2.24, 2.45) is 0 Å². The molecule has 0 radical (unpaired) electrons. The number of aromatic amines is 1. The number of rotatable bonds is 4. The number of hydrogen-bond donors (Lipinski definition) is 2. The van der Waals surface area contributed by atoms with Gasteiger partial charge in [-0.2, -0.15) is 0 Å². The zero-order chi connectivity index (χ0) is 10.6. The van der Waals surface area contributed by atoms with E-state index in [1.165, 1.54) is 0 Å². The highest BCUT2D eigenvalue weighted by molar-refractivity contribution is 7.71. The fraction of sp³-hybridized carbons (Fsp3) is 0.600. The molecule has 0 bridgehead atoms. The molecule has 1 aromatic rings. The van der Waals surface area contributed by atoms with E-state index >= 15 is 0 Å². The molecule has 0 spiro atoms. The Labute approximate surface area is 90.0 Å². The average molecular weight is 211 g/mol. The Balaban J connectivity index is 2.86. The van der Waals surface area contributed by atoms with Gasteiger partial charge >= 0.3 is 0 Å². The second-order valence-electron chi connectivity index (χ2n) is 3.39. The third-order valence-corrected chi connectivity index (χ3v) is 2.35.